The van der Waals surface area contributed by atoms with Gasteiger partial charge in [-0.15, -0.1) is 11.3 Å². The summed E-state index contributed by atoms with van der Waals surface area (Å²) in [6, 6.07) is 70.3. The molecule has 0 aliphatic rings. The summed E-state index contributed by atoms with van der Waals surface area (Å²) in [5, 5.41) is 5.11. The summed E-state index contributed by atoms with van der Waals surface area (Å²) in [5.41, 5.74) is 11.8. The van der Waals surface area contributed by atoms with Crippen molar-refractivity contribution in [2.24, 2.45) is 0 Å². The Bertz CT molecular complexity index is 2850. The Hall–Kier alpha value is -6.42. The molecule has 0 amide bonds. The minimum atomic E-state index is 1.12. The van der Waals surface area contributed by atoms with Crippen LogP contribution in [0.15, 0.2) is 194 Å². The van der Waals surface area contributed by atoms with Gasteiger partial charge in [0.15, 0.2) is 0 Å². The Morgan fingerprint density at radius 2 is 1.02 bits per heavy atom. The van der Waals surface area contributed by atoms with Crippen LogP contribution in [0.25, 0.3) is 69.9 Å². The number of hydrogen-bond acceptors (Lipinski definition) is 2. The van der Waals surface area contributed by atoms with E-state index < -0.39 is 0 Å². The maximum absolute atomic E-state index is 2.44. The second kappa shape index (κ2) is 12.2. The quantitative estimate of drug-likeness (QED) is 0.171. The average molecular weight is 669 g/mol. The van der Waals surface area contributed by atoms with Crippen LogP contribution in [0.3, 0.4) is 0 Å². The number of fused-ring (bicyclic) bond motifs is 6. The smallest absolute Gasteiger partial charge is 0.0640 e. The molecule has 8 aromatic carbocycles. The third-order valence-electron chi connectivity index (χ3n) is 10.0. The van der Waals surface area contributed by atoms with Gasteiger partial charge < -0.3 is 9.47 Å². The van der Waals surface area contributed by atoms with E-state index in [1.54, 1.807) is 0 Å². The maximum atomic E-state index is 2.44. The Morgan fingerprint density at radius 1 is 0.392 bits per heavy atom. The number of hydrogen-bond donors (Lipinski definition) is 0. The average Bonchev–Trinajstić information content (AvgIpc) is 3.75. The van der Waals surface area contributed by atoms with Crippen molar-refractivity contribution in [2.45, 2.75) is 0 Å². The number of benzene rings is 8. The standard InChI is InChI=1S/C48H32N2S/c1-3-14-33(15-4-1)35-28-31-40-39-19-8-11-23-44(39)50(46(40)32-35)43-22-10-7-18-38(43)34-26-29-37(30-27-34)49(36-16-5-2-6-17-36)45-24-13-21-42-41-20-9-12-25-47(41)51-48(42)45/h1-32H. The second-order valence-corrected chi connectivity index (χ2v) is 14.0. The number of aromatic nitrogens is 1. The topological polar surface area (TPSA) is 8.17 Å². The van der Waals surface area contributed by atoms with Crippen molar-refractivity contribution in [2.75, 3.05) is 4.90 Å². The van der Waals surface area contributed by atoms with Crippen LogP contribution in [0.2, 0.25) is 0 Å². The van der Waals surface area contributed by atoms with Gasteiger partial charge in [-0.2, -0.15) is 0 Å². The molecule has 240 valence electrons. The second-order valence-electron chi connectivity index (χ2n) is 12.9. The van der Waals surface area contributed by atoms with Gasteiger partial charge in [-0.1, -0.05) is 140 Å². The van der Waals surface area contributed by atoms with Gasteiger partial charge in [-0.25, -0.2) is 0 Å². The van der Waals surface area contributed by atoms with E-state index in [0.717, 1.165) is 17.1 Å². The van der Waals surface area contributed by atoms with Crippen LogP contribution >= 0.6 is 11.3 Å². The number of anilines is 3. The van der Waals surface area contributed by atoms with E-state index in [9.17, 15) is 0 Å². The van der Waals surface area contributed by atoms with E-state index in [2.05, 4.69) is 204 Å². The van der Waals surface area contributed by atoms with Gasteiger partial charge in [0.25, 0.3) is 0 Å². The zero-order valence-corrected chi connectivity index (χ0v) is 28.6. The molecule has 10 aromatic rings. The summed E-state index contributed by atoms with van der Waals surface area (Å²) in [6.07, 6.45) is 0. The first-order valence-electron chi connectivity index (χ1n) is 17.4. The first-order chi connectivity index (χ1) is 25.3. The van der Waals surface area contributed by atoms with E-state index in [-0.39, 0.29) is 0 Å². The van der Waals surface area contributed by atoms with Crippen LogP contribution in [0.5, 0.6) is 0 Å². The zero-order valence-electron chi connectivity index (χ0n) is 27.8. The van der Waals surface area contributed by atoms with Crippen LogP contribution in [0.1, 0.15) is 0 Å². The molecular weight excluding hydrogens is 637 g/mol. The molecule has 10 rings (SSSR count). The van der Waals surface area contributed by atoms with Gasteiger partial charge in [0.1, 0.15) is 0 Å². The Balaban J connectivity index is 1.13. The maximum Gasteiger partial charge on any atom is 0.0640 e. The molecule has 51 heavy (non-hydrogen) atoms. The summed E-state index contributed by atoms with van der Waals surface area (Å²) in [5.74, 6) is 0. The van der Waals surface area contributed by atoms with Crippen molar-refractivity contribution >= 4 is 70.4 Å². The van der Waals surface area contributed by atoms with Crippen LogP contribution in [0, 0.1) is 0 Å². The van der Waals surface area contributed by atoms with Crippen molar-refractivity contribution in [3.63, 3.8) is 0 Å². The fourth-order valence-electron chi connectivity index (χ4n) is 7.66. The lowest BCUT2D eigenvalue weighted by Gasteiger charge is -2.26. The lowest BCUT2D eigenvalue weighted by molar-refractivity contribution is 1.18. The van der Waals surface area contributed by atoms with Crippen LogP contribution in [-0.4, -0.2) is 4.57 Å². The van der Waals surface area contributed by atoms with E-state index in [1.807, 2.05) is 11.3 Å². The molecule has 0 unspecified atom stereocenters. The van der Waals surface area contributed by atoms with E-state index in [4.69, 9.17) is 0 Å². The van der Waals surface area contributed by atoms with Crippen LogP contribution in [0.4, 0.5) is 17.1 Å². The van der Waals surface area contributed by atoms with E-state index >= 15 is 0 Å². The molecule has 0 aliphatic carbocycles. The molecule has 2 heterocycles. The van der Waals surface area contributed by atoms with Crippen molar-refractivity contribution in [1.82, 2.24) is 4.57 Å². The fourth-order valence-corrected chi connectivity index (χ4v) is 8.86. The molecular formula is C48H32N2S. The minimum absolute atomic E-state index is 1.12. The van der Waals surface area contributed by atoms with Crippen LogP contribution < -0.4 is 4.90 Å². The molecule has 0 atom stereocenters. The Kier molecular flexibility index (Phi) is 7.04. The first kappa shape index (κ1) is 29.5. The normalized spacial score (nSPS) is 11.5. The van der Waals surface area contributed by atoms with E-state index in [1.165, 1.54) is 69.9 Å². The van der Waals surface area contributed by atoms with Gasteiger partial charge in [0.05, 0.1) is 27.1 Å². The first-order valence-corrected chi connectivity index (χ1v) is 18.2. The molecule has 2 nitrogen and oxygen atoms in total. The summed E-state index contributed by atoms with van der Waals surface area (Å²) in [6.45, 7) is 0. The Labute approximate surface area is 300 Å². The van der Waals surface area contributed by atoms with Crippen molar-refractivity contribution < 1.29 is 0 Å². The number of nitrogens with zero attached hydrogens (tertiary/aromatic N) is 2. The van der Waals surface area contributed by atoms with Crippen molar-refractivity contribution in [1.29, 1.82) is 0 Å². The summed E-state index contributed by atoms with van der Waals surface area (Å²) >= 11 is 1.86. The summed E-state index contributed by atoms with van der Waals surface area (Å²) < 4.78 is 5.04. The van der Waals surface area contributed by atoms with Crippen molar-refractivity contribution in [3.8, 4) is 27.9 Å². The van der Waals surface area contributed by atoms with Crippen LogP contribution in [-0.2, 0) is 0 Å². The molecule has 0 N–H and O–H groups in total. The van der Waals surface area contributed by atoms with Gasteiger partial charge in [-0.3, -0.25) is 0 Å². The highest BCUT2D eigenvalue weighted by Gasteiger charge is 2.19. The lowest BCUT2D eigenvalue weighted by Crippen LogP contribution is -2.09. The molecule has 0 radical (unpaired) electrons. The van der Waals surface area contributed by atoms with Gasteiger partial charge >= 0.3 is 0 Å². The monoisotopic (exact) mass is 668 g/mol. The SMILES string of the molecule is c1ccc(-c2ccc3c4ccccc4n(-c4ccccc4-c4ccc(N(c5ccccc5)c5cccc6c5sc5ccccc56)cc4)c3c2)cc1. The third-order valence-corrected chi connectivity index (χ3v) is 11.2. The third kappa shape index (κ3) is 4.93. The molecule has 3 heteroatoms. The fraction of sp³-hybridized carbons (Fsp3) is 0. The highest BCUT2D eigenvalue weighted by atomic mass is 32.1. The van der Waals surface area contributed by atoms with Crippen molar-refractivity contribution in [3.05, 3.63) is 194 Å². The van der Waals surface area contributed by atoms with E-state index in [0.29, 0.717) is 0 Å². The molecule has 0 aliphatic heterocycles. The number of para-hydroxylation sites is 3. The predicted octanol–water partition coefficient (Wildman–Crippen LogP) is 14.0. The number of rotatable bonds is 6. The molecule has 0 fully saturated rings. The minimum Gasteiger partial charge on any atom is -0.309 e. The number of thiophene rings is 1. The zero-order chi connectivity index (χ0) is 33.7. The molecule has 0 spiro atoms. The van der Waals surface area contributed by atoms with Gasteiger partial charge in [0, 0.05) is 43.2 Å². The van der Waals surface area contributed by atoms with Gasteiger partial charge in [0.2, 0.25) is 0 Å². The summed E-state index contributed by atoms with van der Waals surface area (Å²) in [7, 11) is 0. The Morgan fingerprint density at radius 3 is 1.86 bits per heavy atom. The summed E-state index contributed by atoms with van der Waals surface area (Å²) in [4.78, 5) is 2.39. The largest absolute Gasteiger partial charge is 0.309 e. The lowest BCUT2D eigenvalue weighted by atomic mass is 10.0. The molecule has 0 saturated carbocycles. The molecule has 0 saturated heterocycles. The highest BCUT2D eigenvalue weighted by molar-refractivity contribution is 7.26. The molecule has 0 bridgehead atoms. The molecule has 2 aromatic heterocycles. The highest BCUT2D eigenvalue weighted by Crippen LogP contribution is 2.45. The van der Waals surface area contributed by atoms with Gasteiger partial charge in [-0.05, 0) is 71.3 Å². The predicted molar refractivity (Wildman–Crippen MR) is 219 cm³/mol.